The van der Waals surface area contributed by atoms with Crippen molar-refractivity contribution >= 4 is 35.1 Å². The van der Waals surface area contributed by atoms with Gasteiger partial charge in [0.2, 0.25) is 11.8 Å². The summed E-state index contributed by atoms with van der Waals surface area (Å²) in [5.74, 6) is 1.11. The fourth-order valence-corrected chi connectivity index (χ4v) is 3.34. The van der Waals surface area contributed by atoms with Crippen molar-refractivity contribution in [2.45, 2.75) is 19.4 Å². The highest BCUT2D eigenvalue weighted by molar-refractivity contribution is 6.30. The van der Waals surface area contributed by atoms with E-state index in [0.29, 0.717) is 48.7 Å². The Labute approximate surface area is 209 Å². The summed E-state index contributed by atoms with van der Waals surface area (Å²) in [7, 11) is 0. The SMILES string of the molecule is CC(=O)NCCNc1cc(NCCNC(=O)[C@@H](O)Cc2ccccc2)nc(-c2ccc(Cl)cc2)n1. The first kappa shape index (κ1) is 25.9. The lowest BCUT2D eigenvalue weighted by Crippen LogP contribution is -2.38. The van der Waals surface area contributed by atoms with Gasteiger partial charge in [-0.2, -0.15) is 0 Å². The molecule has 0 aliphatic rings. The van der Waals surface area contributed by atoms with E-state index in [-0.39, 0.29) is 12.3 Å². The van der Waals surface area contributed by atoms with E-state index in [1.54, 1.807) is 18.2 Å². The highest BCUT2D eigenvalue weighted by Crippen LogP contribution is 2.22. The number of rotatable bonds is 12. The van der Waals surface area contributed by atoms with Crippen LogP contribution in [0.15, 0.2) is 60.7 Å². The van der Waals surface area contributed by atoms with Gasteiger partial charge in [-0.25, -0.2) is 9.97 Å². The van der Waals surface area contributed by atoms with E-state index >= 15 is 0 Å². The Morgan fingerprint density at radius 3 is 2.09 bits per heavy atom. The summed E-state index contributed by atoms with van der Waals surface area (Å²) in [6.45, 7) is 3.11. The molecule has 2 aromatic carbocycles. The second-order valence-corrected chi connectivity index (χ2v) is 8.24. The lowest BCUT2D eigenvalue weighted by molar-refractivity contribution is -0.129. The third-order valence-corrected chi connectivity index (χ3v) is 5.19. The van der Waals surface area contributed by atoms with Gasteiger partial charge in [-0.15, -0.1) is 0 Å². The first-order valence-electron chi connectivity index (χ1n) is 11.3. The zero-order valence-electron chi connectivity index (χ0n) is 19.4. The van der Waals surface area contributed by atoms with Gasteiger partial charge in [-0.05, 0) is 29.8 Å². The number of nitrogens with one attached hydrogen (secondary N) is 4. The lowest BCUT2D eigenvalue weighted by Gasteiger charge is -2.14. The van der Waals surface area contributed by atoms with Crippen LogP contribution in [0.2, 0.25) is 5.02 Å². The zero-order chi connectivity index (χ0) is 25.0. The highest BCUT2D eigenvalue weighted by atomic mass is 35.5. The molecule has 10 heteroatoms. The predicted molar refractivity (Wildman–Crippen MR) is 137 cm³/mol. The van der Waals surface area contributed by atoms with Crippen molar-refractivity contribution in [3.63, 3.8) is 0 Å². The van der Waals surface area contributed by atoms with Gasteiger partial charge < -0.3 is 26.4 Å². The van der Waals surface area contributed by atoms with Crippen molar-refractivity contribution in [3.8, 4) is 11.4 Å². The summed E-state index contributed by atoms with van der Waals surface area (Å²) < 4.78 is 0. The smallest absolute Gasteiger partial charge is 0.249 e. The maximum atomic E-state index is 12.2. The maximum Gasteiger partial charge on any atom is 0.249 e. The normalized spacial score (nSPS) is 11.4. The Morgan fingerprint density at radius 1 is 0.886 bits per heavy atom. The fourth-order valence-electron chi connectivity index (χ4n) is 3.21. The van der Waals surface area contributed by atoms with E-state index in [4.69, 9.17) is 11.6 Å². The second-order valence-electron chi connectivity index (χ2n) is 7.80. The number of hydrogen-bond acceptors (Lipinski definition) is 7. The van der Waals surface area contributed by atoms with Crippen LogP contribution >= 0.6 is 11.6 Å². The highest BCUT2D eigenvalue weighted by Gasteiger charge is 2.15. The number of aliphatic hydroxyl groups is 1. The summed E-state index contributed by atoms with van der Waals surface area (Å²) in [6.07, 6.45) is -0.864. The van der Waals surface area contributed by atoms with Crippen molar-refractivity contribution < 1.29 is 14.7 Å². The number of aromatic nitrogens is 2. The monoisotopic (exact) mass is 496 g/mol. The summed E-state index contributed by atoms with van der Waals surface area (Å²) >= 11 is 6.00. The summed E-state index contributed by atoms with van der Waals surface area (Å²) in [5, 5.41) is 22.6. The standard InChI is InChI=1S/C25H29ClN6O3/c1-17(33)27-11-12-28-22-16-23(32-24(31-22)19-7-9-20(26)10-8-19)29-13-14-30-25(35)21(34)15-18-5-3-2-4-6-18/h2-10,16,21,34H,11-15H2,1H3,(H,27,33)(H,30,35)(H2,28,29,31,32)/t21-/m0/s1. The van der Waals surface area contributed by atoms with Crippen molar-refractivity contribution in [2.24, 2.45) is 0 Å². The molecule has 9 nitrogen and oxygen atoms in total. The average Bonchev–Trinajstić information content (AvgIpc) is 2.85. The molecule has 1 atom stereocenters. The Kier molecular flexibility index (Phi) is 9.82. The molecule has 1 aromatic heterocycles. The minimum Gasteiger partial charge on any atom is -0.383 e. The van der Waals surface area contributed by atoms with Crippen LogP contribution in [0, 0.1) is 0 Å². The number of nitrogens with zero attached hydrogens (tertiary/aromatic N) is 2. The number of carbonyl (C=O) groups excluding carboxylic acids is 2. The van der Waals surface area contributed by atoms with E-state index < -0.39 is 12.0 Å². The molecule has 0 saturated heterocycles. The van der Waals surface area contributed by atoms with Gasteiger partial charge in [0, 0.05) is 56.2 Å². The van der Waals surface area contributed by atoms with Gasteiger partial charge in [0.1, 0.15) is 17.7 Å². The second kappa shape index (κ2) is 13.3. The van der Waals surface area contributed by atoms with Crippen LogP contribution < -0.4 is 21.3 Å². The number of hydrogen-bond donors (Lipinski definition) is 5. The molecule has 0 radical (unpaired) electrons. The average molecular weight is 497 g/mol. The third-order valence-electron chi connectivity index (χ3n) is 4.94. The van der Waals surface area contributed by atoms with E-state index in [1.807, 2.05) is 42.5 Å². The molecular formula is C25H29ClN6O3. The molecule has 1 heterocycles. The van der Waals surface area contributed by atoms with Gasteiger partial charge >= 0.3 is 0 Å². The van der Waals surface area contributed by atoms with Gasteiger partial charge in [0.25, 0.3) is 0 Å². The fraction of sp³-hybridized carbons (Fsp3) is 0.280. The third kappa shape index (κ3) is 8.88. The number of aliphatic hydroxyl groups excluding tert-OH is 1. The Morgan fingerprint density at radius 2 is 1.49 bits per heavy atom. The number of carbonyl (C=O) groups is 2. The number of amides is 2. The topological polar surface area (TPSA) is 128 Å². The summed E-state index contributed by atoms with van der Waals surface area (Å²) in [5.41, 5.74) is 1.68. The molecule has 0 spiro atoms. The molecular weight excluding hydrogens is 468 g/mol. The quantitative estimate of drug-likeness (QED) is 0.244. The molecule has 0 fully saturated rings. The Bertz CT molecular complexity index is 1110. The lowest BCUT2D eigenvalue weighted by atomic mass is 10.1. The van der Waals surface area contributed by atoms with E-state index in [9.17, 15) is 14.7 Å². The number of anilines is 2. The zero-order valence-corrected chi connectivity index (χ0v) is 20.2. The minimum absolute atomic E-state index is 0.102. The summed E-state index contributed by atoms with van der Waals surface area (Å²) in [6, 6.07) is 18.3. The van der Waals surface area contributed by atoms with E-state index in [1.165, 1.54) is 6.92 Å². The summed E-state index contributed by atoms with van der Waals surface area (Å²) in [4.78, 5) is 32.4. The predicted octanol–water partition coefficient (Wildman–Crippen LogP) is 2.48. The van der Waals surface area contributed by atoms with Crippen LogP contribution in [0.3, 0.4) is 0 Å². The number of halogens is 1. The van der Waals surface area contributed by atoms with Crippen molar-refractivity contribution in [3.05, 3.63) is 71.2 Å². The van der Waals surface area contributed by atoms with Crippen molar-refractivity contribution in [1.29, 1.82) is 0 Å². The first-order chi connectivity index (χ1) is 16.9. The Hall–Kier alpha value is -3.69. The van der Waals surface area contributed by atoms with Crippen LogP contribution in [0.1, 0.15) is 12.5 Å². The van der Waals surface area contributed by atoms with Crippen LogP contribution in [0.4, 0.5) is 11.6 Å². The van der Waals surface area contributed by atoms with Gasteiger partial charge in [-0.3, -0.25) is 9.59 Å². The Balaban J connectivity index is 1.57. The van der Waals surface area contributed by atoms with Crippen LogP contribution in [0.5, 0.6) is 0 Å². The van der Waals surface area contributed by atoms with E-state index in [2.05, 4.69) is 31.2 Å². The molecule has 0 bridgehead atoms. The minimum atomic E-state index is -1.12. The van der Waals surface area contributed by atoms with Gasteiger partial charge in [0.15, 0.2) is 5.82 Å². The number of benzene rings is 2. The molecule has 5 N–H and O–H groups in total. The molecule has 0 aliphatic heterocycles. The largest absolute Gasteiger partial charge is 0.383 e. The van der Waals surface area contributed by atoms with Crippen LogP contribution in [-0.4, -0.2) is 59.2 Å². The van der Waals surface area contributed by atoms with E-state index in [0.717, 1.165) is 11.1 Å². The van der Waals surface area contributed by atoms with Crippen molar-refractivity contribution in [2.75, 3.05) is 36.8 Å². The van der Waals surface area contributed by atoms with Crippen LogP contribution in [-0.2, 0) is 16.0 Å². The molecule has 0 saturated carbocycles. The molecule has 3 aromatic rings. The molecule has 35 heavy (non-hydrogen) atoms. The molecule has 2 amide bonds. The first-order valence-corrected chi connectivity index (χ1v) is 11.7. The van der Waals surface area contributed by atoms with Gasteiger partial charge in [0.05, 0.1) is 0 Å². The maximum absolute atomic E-state index is 12.2. The van der Waals surface area contributed by atoms with Crippen molar-refractivity contribution in [1.82, 2.24) is 20.6 Å². The molecule has 3 rings (SSSR count). The van der Waals surface area contributed by atoms with Crippen LogP contribution in [0.25, 0.3) is 11.4 Å². The van der Waals surface area contributed by atoms with Gasteiger partial charge in [-0.1, -0.05) is 41.9 Å². The molecule has 184 valence electrons. The molecule has 0 unspecified atom stereocenters. The molecule has 0 aliphatic carbocycles.